The molecule has 3 aromatic rings. The molecule has 0 bridgehead atoms. The van der Waals surface area contributed by atoms with E-state index in [4.69, 9.17) is 5.73 Å². The molecule has 0 saturated heterocycles. The summed E-state index contributed by atoms with van der Waals surface area (Å²) in [5.41, 5.74) is 7.70. The third-order valence-electron chi connectivity index (χ3n) is 2.73. The summed E-state index contributed by atoms with van der Waals surface area (Å²) in [5.74, 6) is 0.982. The third kappa shape index (κ3) is 1.55. The van der Waals surface area contributed by atoms with Crippen LogP contribution in [0.25, 0.3) is 20.9 Å². The van der Waals surface area contributed by atoms with Gasteiger partial charge in [0.25, 0.3) is 0 Å². The van der Waals surface area contributed by atoms with Crippen LogP contribution in [0.2, 0.25) is 0 Å². The van der Waals surface area contributed by atoms with E-state index < -0.39 is 0 Å². The quantitative estimate of drug-likeness (QED) is 0.692. The topological polar surface area (TPSA) is 64.1 Å². The fraction of sp³-hybridized carbons (Fsp3) is 0.0833. The Morgan fingerprint density at radius 2 is 2.00 bits per heavy atom. The summed E-state index contributed by atoms with van der Waals surface area (Å²) in [6.07, 6.45) is 0. The van der Waals surface area contributed by atoms with Crippen molar-refractivity contribution in [1.82, 2.24) is 9.55 Å². The van der Waals surface area contributed by atoms with E-state index in [9.17, 15) is 5.11 Å². The van der Waals surface area contributed by atoms with Crippen molar-refractivity contribution < 1.29 is 5.11 Å². The molecule has 0 amide bonds. The van der Waals surface area contributed by atoms with Crippen LogP contribution in [0.4, 0.5) is 5.82 Å². The second-order valence-electron chi connectivity index (χ2n) is 3.88. The summed E-state index contributed by atoms with van der Waals surface area (Å²) in [6.45, 7) is 0. The number of hydrogen-bond donors (Lipinski definition) is 2. The van der Waals surface area contributed by atoms with Crippen LogP contribution in [0.1, 0.15) is 0 Å². The maximum absolute atomic E-state index is 9.25. The Hall–Kier alpha value is -2.01. The molecule has 17 heavy (non-hydrogen) atoms. The smallest absolute Gasteiger partial charge is 0.153 e. The molecular formula is C12H11N3OS. The van der Waals surface area contributed by atoms with Crippen LogP contribution in [0.3, 0.4) is 0 Å². The average molecular weight is 245 g/mol. The van der Waals surface area contributed by atoms with Gasteiger partial charge in [-0.25, -0.2) is 4.98 Å². The van der Waals surface area contributed by atoms with Crippen molar-refractivity contribution in [3.63, 3.8) is 0 Å². The molecule has 0 fully saturated rings. The zero-order valence-corrected chi connectivity index (χ0v) is 10.0. The number of hydrogen-bond acceptors (Lipinski definition) is 4. The van der Waals surface area contributed by atoms with Gasteiger partial charge in [-0.2, -0.15) is 0 Å². The average Bonchev–Trinajstić information content (AvgIpc) is 2.82. The normalized spacial score (nSPS) is 11.1. The molecule has 0 saturated carbocycles. The number of nitrogens with zero attached hydrogens (tertiary/aromatic N) is 2. The summed E-state index contributed by atoms with van der Waals surface area (Å²) >= 11 is 1.60. The number of aryl methyl sites for hydroxylation is 1. The van der Waals surface area contributed by atoms with Gasteiger partial charge in [-0.15, -0.1) is 11.3 Å². The number of phenols is 1. The molecule has 0 atom stereocenters. The first-order valence-electron chi connectivity index (χ1n) is 5.16. The number of rotatable bonds is 1. The highest BCUT2D eigenvalue weighted by molar-refractivity contribution is 7.21. The molecule has 3 rings (SSSR count). The number of nitrogen functional groups attached to an aromatic ring is 1. The summed E-state index contributed by atoms with van der Waals surface area (Å²) < 4.78 is 2.95. The molecular weight excluding hydrogens is 234 g/mol. The van der Waals surface area contributed by atoms with Crippen molar-refractivity contribution in [1.29, 1.82) is 0 Å². The van der Waals surface area contributed by atoms with Crippen LogP contribution in [-0.2, 0) is 7.05 Å². The number of fused-ring (bicyclic) bond motifs is 1. The van der Waals surface area contributed by atoms with Gasteiger partial charge < -0.3 is 15.4 Å². The highest BCUT2D eigenvalue weighted by atomic mass is 32.1. The Labute approximate surface area is 102 Å². The number of anilines is 1. The molecule has 0 radical (unpaired) electrons. The van der Waals surface area contributed by atoms with E-state index in [-0.39, 0.29) is 5.75 Å². The molecule has 2 heterocycles. The summed E-state index contributed by atoms with van der Waals surface area (Å²) in [5, 5.41) is 10.2. The van der Waals surface area contributed by atoms with E-state index in [1.807, 2.05) is 29.8 Å². The predicted molar refractivity (Wildman–Crippen MR) is 70.1 cm³/mol. The molecule has 0 aliphatic carbocycles. The number of benzene rings is 1. The Kier molecular flexibility index (Phi) is 2.09. The van der Waals surface area contributed by atoms with E-state index in [0.717, 1.165) is 26.7 Å². The minimum atomic E-state index is 0.263. The van der Waals surface area contributed by atoms with Crippen LogP contribution in [0, 0.1) is 0 Å². The zero-order chi connectivity index (χ0) is 12.0. The van der Waals surface area contributed by atoms with Gasteiger partial charge in [0.15, 0.2) is 5.65 Å². The molecule has 4 nitrogen and oxygen atoms in total. The second kappa shape index (κ2) is 3.49. The van der Waals surface area contributed by atoms with Gasteiger partial charge in [-0.1, -0.05) is 0 Å². The Bertz CT molecular complexity index is 682. The van der Waals surface area contributed by atoms with Crippen molar-refractivity contribution in [3.8, 4) is 16.3 Å². The van der Waals surface area contributed by atoms with Gasteiger partial charge in [-0.05, 0) is 30.3 Å². The van der Waals surface area contributed by atoms with Crippen molar-refractivity contribution in [3.05, 3.63) is 30.3 Å². The molecule has 3 N–H and O–H groups in total. The largest absolute Gasteiger partial charge is 0.508 e. The molecule has 0 aliphatic rings. The van der Waals surface area contributed by atoms with E-state index in [2.05, 4.69) is 4.98 Å². The fourth-order valence-electron chi connectivity index (χ4n) is 1.74. The van der Waals surface area contributed by atoms with E-state index in [1.165, 1.54) is 0 Å². The first kappa shape index (κ1) is 10.2. The minimum Gasteiger partial charge on any atom is -0.508 e. The molecule has 86 valence electrons. The van der Waals surface area contributed by atoms with Crippen molar-refractivity contribution in [2.45, 2.75) is 0 Å². The molecule has 0 spiro atoms. The predicted octanol–water partition coefficient (Wildman–Crippen LogP) is 2.59. The monoisotopic (exact) mass is 245 g/mol. The van der Waals surface area contributed by atoms with Crippen LogP contribution >= 0.6 is 11.3 Å². The van der Waals surface area contributed by atoms with Crippen molar-refractivity contribution in [2.75, 3.05) is 5.73 Å². The van der Waals surface area contributed by atoms with E-state index in [0.29, 0.717) is 0 Å². The lowest BCUT2D eigenvalue weighted by Crippen LogP contribution is -1.95. The van der Waals surface area contributed by atoms with Crippen LogP contribution in [0.5, 0.6) is 5.75 Å². The van der Waals surface area contributed by atoms with Gasteiger partial charge in [0, 0.05) is 12.6 Å². The van der Waals surface area contributed by atoms with E-state index in [1.54, 1.807) is 23.5 Å². The lowest BCUT2D eigenvalue weighted by molar-refractivity contribution is 0.475. The van der Waals surface area contributed by atoms with Gasteiger partial charge in [-0.3, -0.25) is 0 Å². The second-order valence-corrected chi connectivity index (χ2v) is 4.91. The third-order valence-corrected chi connectivity index (χ3v) is 3.77. The van der Waals surface area contributed by atoms with Crippen LogP contribution in [0.15, 0.2) is 30.3 Å². The Morgan fingerprint density at radius 1 is 1.29 bits per heavy atom. The molecule has 0 aliphatic heterocycles. The number of phenolic OH excluding ortho intramolecular Hbond substituents is 1. The van der Waals surface area contributed by atoms with Crippen molar-refractivity contribution in [2.24, 2.45) is 7.05 Å². The zero-order valence-electron chi connectivity index (χ0n) is 9.21. The van der Waals surface area contributed by atoms with Crippen molar-refractivity contribution >= 4 is 27.5 Å². The van der Waals surface area contributed by atoms with Gasteiger partial charge in [0.1, 0.15) is 16.6 Å². The Morgan fingerprint density at radius 3 is 2.65 bits per heavy atom. The molecule has 1 aromatic carbocycles. The number of aromatic hydroxyl groups is 1. The summed E-state index contributed by atoms with van der Waals surface area (Å²) in [7, 11) is 1.90. The Balaban J connectivity index is 2.15. The molecule has 5 heteroatoms. The first-order valence-corrected chi connectivity index (χ1v) is 5.98. The number of thiazole rings is 1. The van der Waals surface area contributed by atoms with Crippen LogP contribution in [-0.4, -0.2) is 14.7 Å². The van der Waals surface area contributed by atoms with Gasteiger partial charge >= 0.3 is 0 Å². The summed E-state index contributed by atoms with van der Waals surface area (Å²) in [6, 6.07) is 8.97. The molecule has 2 aromatic heterocycles. The minimum absolute atomic E-state index is 0.263. The SMILES string of the molecule is Cn1c(N)cc2sc(-c3ccc(O)cc3)nc21. The lowest BCUT2D eigenvalue weighted by atomic mass is 10.2. The number of aromatic nitrogens is 2. The summed E-state index contributed by atoms with van der Waals surface area (Å²) in [4.78, 5) is 4.55. The number of nitrogens with two attached hydrogens (primary N) is 1. The highest BCUT2D eigenvalue weighted by Crippen LogP contribution is 2.32. The van der Waals surface area contributed by atoms with E-state index >= 15 is 0 Å². The standard InChI is InChI=1S/C12H11N3OS/c1-15-10(13)6-9-11(15)14-12(17-9)7-2-4-8(16)5-3-7/h2-6,16H,13H2,1H3. The fourth-order valence-corrected chi connectivity index (χ4v) is 2.79. The molecule has 0 unspecified atom stereocenters. The maximum atomic E-state index is 9.25. The highest BCUT2D eigenvalue weighted by Gasteiger charge is 2.11. The van der Waals surface area contributed by atoms with Gasteiger partial charge in [0.2, 0.25) is 0 Å². The van der Waals surface area contributed by atoms with Crippen LogP contribution < -0.4 is 5.73 Å². The van der Waals surface area contributed by atoms with Gasteiger partial charge in [0.05, 0.1) is 4.70 Å². The first-order chi connectivity index (χ1) is 8.15. The maximum Gasteiger partial charge on any atom is 0.153 e. The lowest BCUT2D eigenvalue weighted by Gasteiger charge is -1.97.